The Morgan fingerprint density at radius 1 is 1.19 bits per heavy atom. The van der Waals surface area contributed by atoms with Crippen molar-refractivity contribution in [3.63, 3.8) is 0 Å². The lowest BCUT2D eigenvalue weighted by atomic mass is 9.93. The Bertz CT molecular complexity index is 551. The van der Waals surface area contributed by atoms with Crippen LogP contribution in [0.1, 0.15) is 45.1 Å². The van der Waals surface area contributed by atoms with E-state index in [0.29, 0.717) is 18.8 Å². The second kappa shape index (κ2) is 6.90. The predicted molar refractivity (Wildman–Crippen MR) is 83.6 cm³/mol. The molecule has 1 aliphatic rings. The molecule has 0 spiro atoms. The summed E-state index contributed by atoms with van der Waals surface area (Å²) in [6.07, 6.45) is 3.65. The highest BCUT2D eigenvalue weighted by molar-refractivity contribution is 7.89. The highest BCUT2D eigenvalue weighted by atomic mass is 32.2. The van der Waals surface area contributed by atoms with Gasteiger partial charge in [0.05, 0.1) is 11.0 Å². The van der Waals surface area contributed by atoms with Crippen molar-refractivity contribution in [2.45, 2.75) is 63.0 Å². The Kier molecular flexibility index (Phi) is 5.41. The normalized spacial score (nSPS) is 23.4. The van der Waals surface area contributed by atoms with E-state index >= 15 is 0 Å². The van der Waals surface area contributed by atoms with Gasteiger partial charge in [-0.05, 0) is 42.9 Å². The van der Waals surface area contributed by atoms with E-state index in [1.54, 1.807) is 12.1 Å². The van der Waals surface area contributed by atoms with Crippen LogP contribution < -0.4 is 4.72 Å². The number of rotatable bonds is 5. The Labute approximate surface area is 127 Å². The molecule has 2 N–H and O–H groups in total. The Hall–Kier alpha value is -0.910. The molecule has 5 heteroatoms. The van der Waals surface area contributed by atoms with E-state index in [1.807, 2.05) is 12.1 Å². The van der Waals surface area contributed by atoms with Crippen LogP contribution in [0, 0.1) is 5.92 Å². The molecule has 0 amide bonds. The van der Waals surface area contributed by atoms with E-state index in [2.05, 4.69) is 18.6 Å². The molecule has 118 valence electrons. The molecule has 0 radical (unpaired) electrons. The SMILES string of the molecule is CC(C)Cc1ccc(S(=O)(=O)N[C@H]2CCCC[C@@H]2O)cc1. The maximum atomic E-state index is 12.4. The van der Waals surface area contributed by atoms with E-state index in [0.717, 1.165) is 24.8 Å². The number of nitrogens with one attached hydrogen (secondary N) is 1. The first-order valence-corrected chi connectivity index (χ1v) is 9.16. The maximum absolute atomic E-state index is 12.4. The fourth-order valence-electron chi connectivity index (χ4n) is 2.79. The Balaban J connectivity index is 2.08. The van der Waals surface area contributed by atoms with E-state index in [1.165, 1.54) is 0 Å². The second-order valence-electron chi connectivity index (χ2n) is 6.32. The van der Waals surface area contributed by atoms with Crippen LogP contribution in [0.5, 0.6) is 0 Å². The van der Waals surface area contributed by atoms with Crippen LogP contribution in [-0.4, -0.2) is 25.7 Å². The zero-order valence-electron chi connectivity index (χ0n) is 12.7. The van der Waals surface area contributed by atoms with Crippen molar-refractivity contribution < 1.29 is 13.5 Å². The molecular weight excluding hydrogens is 286 g/mol. The van der Waals surface area contributed by atoms with Crippen LogP contribution in [0.2, 0.25) is 0 Å². The summed E-state index contributed by atoms with van der Waals surface area (Å²) in [7, 11) is -3.55. The van der Waals surface area contributed by atoms with Gasteiger partial charge in [-0.25, -0.2) is 13.1 Å². The lowest BCUT2D eigenvalue weighted by Gasteiger charge is -2.28. The van der Waals surface area contributed by atoms with Crippen LogP contribution in [0.3, 0.4) is 0 Å². The molecule has 0 aliphatic heterocycles. The summed E-state index contributed by atoms with van der Waals surface area (Å²) in [5.74, 6) is 0.544. The topological polar surface area (TPSA) is 66.4 Å². The number of sulfonamides is 1. The quantitative estimate of drug-likeness (QED) is 0.878. The third kappa shape index (κ3) is 4.53. The lowest BCUT2D eigenvalue weighted by molar-refractivity contribution is 0.101. The molecule has 0 unspecified atom stereocenters. The van der Waals surface area contributed by atoms with Gasteiger partial charge < -0.3 is 5.11 Å². The number of benzene rings is 1. The molecule has 0 heterocycles. The monoisotopic (exact) mass is 311 g/mol. The molecule has 2 atom stereocenters. The first kappa shape index (κ1) is 16.5. The summed E-state index contributed by atoms with van der Waals surface area (Å²) in [6, 6.07) is 6.67. The first-order valence-electron chi connectivity index (χ1n) is 7.68. The van der Waals surface area contributed by atoms with Crippen molar-refractivity contribution in [1.29, 1.82) is 0 Å². The van der Waals surface area contributed by atoms with Gasteiger partial charge in [-0.3, -0.25) is 0 Å². The summed E-state index contributed by atoms with van der Waals surface area (Å²) in [5.41, 5.74) is 1.14. The predicted octanol–water partition coefficient (Wildman–Crippen LogP) is 2.47. The molecule has 1 fully saturated rings. The molecule has 2 rings (SSSR count). The third-order valence-electron chi connectivity index (χ3n) is 3.91. The summed E-state index contributed by atoms with van der Waals surface area (Å²) in [6.45, 7) is 4.27. The van der Waals surface area contributed by atoms with Crippen molar-refractivity contribution in [2.24, 2.45) is 5.92 Å². The number of aliphatic hydroxyl groups is 1. The highest BCUT2D eigenvalue weighted by Crippen LogP contribution is 2.21. The van der Waals surface area contributed by atoms with Crippen molar-refractivity contribution in [3.8, 4) is 0 Å². The standard InChI is InChI=1S/C16H25NO3S/c1-12(2)11-13-7-9-14(10-8-13)21(19,20)17-15-5-3-4-6-16(15)18/h7-10,12,15-18H,3-6,11H2,1-2H3/t15-,16-/m0/s1. The van der Waals surface area contributed by atoms with Gasteiger partial charge in [0.25, 0.3) is 0 Å². The smallest absolute Gasteiger partial charge is 0.240 e. The number of aliphatic hydroxyl groups excluding tert-OH is 1. The first-order chi connectivity index (χ1) is 9.88. The van der Waals surface area contributed by atoms with E-state index in [-0.39, 0.29) is 10.9 Å². The second-order valence-corrected chi connectivity index (χ2v) is 8.04. The van der Waals surface area contributed by atoms with Crippen LogP contribution in [0.25, 0.3) is 0 Å². The molecule has 1 aliphatic carbocycles. The van der Waals surface area contributed by atoms with Crippen LogP contribution in [0.4, 0.5) is 0 Å². The lowest BCUT2D eigenvalue weighted by Crippen LogP contribution is -2.44. The van der Waals surface area contributed by atoms with Gasteiger partial charge in [-0.1, -0.05) is 38.8 Å². The molecule has 0 bridgehead atoms. The zero-order valence-corrected chi connectivity index (χ0v) is 13.6. The van der Waals surface area contributed by atoms with Crippen molar-refractivity contribution in [1.82, 2.24) is 4.72 Å². The number of hydrogen-bond donors (Lipinski definition) is 2. The average Bonchev–Trinajstić information content (AvgIpc) is 2.41. The van der Waals surface area contributed by atoms with Gasteiger partial charge in [0, 0.05) is 6.04 Å². The number of hydrogen-bond acceptors (Lipinski definition) is 3. The summed E-state index contributed by atoms with van der Waals surface area (Å²) < 4.78 is 27.4. The van der Waals surface area contributed by atoms with Gasteiger partial charge in [0.1, 0.15) is 0 Å². The van der Waals surface area contributed by atoms with Crippen LogP contribution in [-0.2, 0) is 16.4 Å². The molecule has 0 saturated heterocycles. The minimum Gasteiger partial charge on any atom is -0.391 e. The van der Waals surface area contributed by atoms with Gasteiger partial charge in [0.15, 0.2) is 0 Å². The minimum absolute atomic E-state index is 0.271. The van der Waals surface area contributed by atoms with Gasteiger partial charge in [-0.2, -0.15) is 0 Å². The minimum atomic E-state index is -3.55. The van der Waals surface area contributed by atoms with Crippen LogP contribution >= 0.6 is 0 Å². The van der Waals surface area contributed by atoms with E-state index < -0.39 is 16.1 Å². The van der Waals surface area contributed by atoms with Gasteiger partial charge >= 0.3 is 0 Å². The molecule has 21 heavy (non-hydrogen) atoms. The fourth-order valence-corrected chi connectivity index (χ4v) is 4.10. The maximum Gasteiger partial charge on any atom is 0.240 e. The summed E-state index contributed by atoms with van der Waals surface area (Å²) in [5, 5.41) is 9.90. The summed E-state index contributed by atoms with van der Waals surface area (Å²) in [4.78, 5) is 0.271. The molecule has 0 aromatic heterocycles. The summed E-state index contributed by atoms with van der Waals surface area (Å²) >= 11 is 0. The van der Waals surface area contributed by atoms with Gasteiger partial charge in [0.2, 0.25) is 10.0 Å². The van der Waals surface area contributed by atoms with Gasteiger partial charge in [-0.15, -0.1) is 0 Å². The highest BCUT2D eigenvalue weighted by Gasteiger charge is 2.27. The molecule has 1 saturated carbocycles. The molecular formula is C16H25NO3S. The third-order valence-corrected chi connectivity index (χ3v) is 5.42. The molecule has 1 aromatic rings. The average molecular weight is 311 g/mol. The molecule has 1 aromatic carbocycles. The van der Waals surface area contributed by atoms with E-state index in [4.69, 9.17) is 0 Å². The zero-order chi connectivity index (χ0) is 15.5. The fraction of sp³-hybridized carbons (Fsp3) is 0.625. The molecule has 4 nitrogen and oxygen atoms in total. The van der Waals surface area contributed by atoms with Crippen LogP contribution in [0.15, 0.2) is 29.2 Å². The van der Waals surface area contributed by atoms with Crippen molar-refractivity contribution in [2.75, 3.05) is 0 Å². The van der Waals surface area contributed by atoms with E-state index in [9.17, 15) is 13.5 Å². The van der Waals surface area contributed by atoms with Crippen molar-refractivity contribution in [3.05, 3.63) is 29.8 Å². The Morgan fingerprint density at radius 3 is 2.38 bits per heavy atom. The largest absolute Gasteiger partial charge is 0.391 e. The van der Waals surface area contributed by atoms with Crippen molar-refractivity contribution >= 4 is 10.0 Å². The Morgan fingerprint density at radius 2 is 1.81 bits per heavy atom.